The van der Waals surface area contributed by atoms with Crippen LogP contribution in [0.1, 0.15) is 103 Å². The third kappa shape index (κ3) is 10.1. The highest BCUT2D eigenvalue weighted by Gasteiger charge is 2.41. The summed E-state index contributed by atoms with van der Waals surface area (Å²) in [6.45, 7) is 2.23. The molecule has 1 aliphatic rings. The number of cyclic esters (lactones) is 1. The largest absolute Gasteiger partial charge is 0.461 e. The van der Waals surface area contributed by atoms with E-state index in [4.69, 9.17) is 14.6 Å². The van der Waals surface area contributed by atoms with Gasteiger partial charge in [0.05, 0.1) is 0 Å². The van der Waals surface area contributed by atoms with Crippen LogP contribution in [0.2, 0.25) is 0 Å². The molecule has 1 rings (SSSR count). The van der Waals surface area contributed by atoms with Gasteiger partial charge in [0.15, 0.2) is 0 Å². The summed E-state index contributed by atoms with van der Waals surface area (Å²) in [4.78, 5) is 23.2. The number of unbranched alkanes of at least 4 members (excludes halogenated alkanes) is 10. The van der Waals surface area contributed by atoms with Gasteiger partial charge in [0.1, 0.15) is 12.2 Å². The summed E-state index contributed by atoms with van der Waals surface area (Å²) in [6, 6.07) is 0. The zero-order valence-electron chi connectivity index (χ0n) is 16.6. The Balaban J connectivity index is 1.97. The van der Waals surface area contributed by atoms with E-state index >= 15 is 0 Å². The van der Waals surface area contributed by atoms with Gasteiger partial charge in [-0.15, -0.1) is 0 Å². The van der Waals surface area contributed by atoms with Crippen molar-refractivity contribution < 1.29 is 24.2 Å². The lowest BCUT2D eigenvalue weighted by molar-refractivity contribution is -0.164. The van der Waals surface area contributed by atoms with Gasteiger partial charge >= 0.3 is 11.9 Å². The first-order valence-corrected chi connectivity index (χ1v) is 10.6. The number of carbonyl (C=O) groups excluding carboxylic acids is 2. The fourth-order valence-corrected chi connectivity index (χ4v) is 3.44. The van der Waals surface area contributed by atoms with Crippen LogP contribution in [0.5, 0.6) is 0 Å². The Morgan fingerprint density at radius 1 is 1.04 bits per heavy atom. The quantitative estimate of drug-likeness (QED) is 0.315. The second-order valence-electron chi connectivity index (χ2n) is 7.58. The van der Waals surface area contributed by atoms with E-state index < -0.39 is 5.60 Å². The van der Waals surface area contributed by atoms with Crippen LogP contribution >= 0.6 is 0 Å². The molecule has 26 heavy (non-hydrogen) atoms. The summed E-state index contributed by atoms with van der Waals surface area (Å²) in [5, 5.41) is 9.13. The molecule has 1 saturated heterocycles. The molecular weight excluding hydrogens is 332 g/mol. The third-order valence-corrected chi connectivity index (χ3v) is 5.16. The van der Waals surface area contributed by atoms with E-state index in [1.54, 1.807) is 0 Å². The maximum Gasteiger partial charge on any atom is 0.306 e. The highest BCUT2D eigenvalue weighted by molar-refractivity contribution is 5.72. The lowest BCUT2D eigenvalue weighted by atomic mass is 9.97. The topological polar surface area (TPSA) is 72.8 Å². The molecule has 0 aromatic heterocycles. The lowest BCUT2D eigenvalue weighted by Crippen LogP contribution is -2.36. The Bertz CT molecular complexity index is 396. The van der Waals surface area contributed by atoms with Crippen LogP contribution in [0, 0.1) is 0 Å². The molecule has 0 spiro atoms. The molecule has 1 fully saturated rings. The number of rotatable bonds is 16. The highest BCUT2D eigenvalue weighted by atomic mass is 16.6. The van der Waals surface area contributed by atoms with Gasteiger partial charge in [0, 0.05) is 32.3 Å². The molecule has 0 bridgehead atoms. The van der Waals surface area contributed by atoms with Crippen LogP contribution in [0.4, 0.5) is 0 Å². The van der Waals surface area contributed by atoms with Crippen LogP contribution in [-0.2, 0) is 19.1 Å². The molecular formula is C21H38O5. The van der Waals surface area contributed by atoms with Gasteiger partial charge in [0.25, 0.3) is 0 Å². The van der Waals surface area contributed by atoms with Crippen molar-refractivity contribution in [2.75, 3.05) is 13.2 Å². The number of hydrogen-bond donors (Lipinski definition) is 1. The Hall–Kier alpha value is -1.10. The average Bonchev–Trinajstić information content (AvgIpc) is 2.99. The number of hydrogen-bond acceptors (Lipinski definition) is 5. The molecule has 1 atom stereocenters. The normalized spacial score (nSPS) is 19.5. The molecule has 0 radical (unpaired) electrons. The van der Waals surface area contributed by atoms with Crippen LogP contribution in [-0.4, -0.2) is 35.9 Å². The molecule has 0 aromatic rings. The fourth-order valence-electron chi connectivity index (χ4n) is 3.44. The molecule has 0 aliphatic carbocycles. The SMILES string of the molecule is CCCCCCCCCCCCCC(=O)OC[C@]1(CCO)CCC(=O)O1. The second-order valence-corrected chi connectivity index (χ2v) is 7.58. The zero-order chi connectivity index (χ0) is 19.1. The van der Waals surface area contributed by atoms with E-state index in [2.05, 4.69) is 6.92 Å². The fraction of sp³-hybridized carbons (Fsp3) is 0.905. The van der Waals surface area contributed by atoms with Crippen molar-refractivity contribution in [3.63, 3.8) is 0 Å². The zero-order valence-corrected chi connectivity index (χ0v) is 16.6. The van der Waals surface area contributed by atoms with Crippen molar-refractivity contribution in [2.24, 2.45) is 0 Å². The summed E-state index contributed by atoms with van der Waals surface area (Å²) < 4.78 is 10.6. The van der Waals surface area contributed by atoms with Crippen LogP contribution < -0.4 is 0 Å². The van der Waals surface area contributed by atoms with E-state index in [9.17, 15) is 9.59 Å². The first kappa shape index (κ1) is 22.9. The van der Waals surface area contributed by atoms with Crippen molar-refractivity contribution >= 4 is 11.9 Å². The first-order valence-electron chi connectivity index (χ1n) is 10.6. The van der Waals surface area contributed by atoms with Gasteiger partial charge in [-0.3, -0.25) is 9.59 Å². The lowest BCUT2D eigenvalue weighted by Gasteiger charge is -2.26. The van der Waals surface area contributed by atoms with Crippen molar-refractivity contribution in [3.05, 3.63) is 0 Å². The molecule has 1 aliphatic heterocycles. The monoisotopic (exact) mass is 370 g/mol. The molecule has 0 unspecified atom stereocenters. The van der Waals surface area contributed by atoms with Crippen molar-refractivity contribution in [2.45, 2.75) is 109 Å². The third-order valence-electron chi connectivity index (χ3n) is 5.16. The number of ether oxygens (including phenoxy) is 2. The van der Waals surface area contributed by atoms with Crippen molar-refractivity contribution in [3.8, 4) is 0 Å². The van der Waals surface area contributed by atoms with Gasteiger partial charge in [0.2, 0.25) is 0 Å². The average molecular weight is 371 g/mol. The number of esters is 2. The molecule has 5 heteroatoms. The Morgan fingerprint density at radius 3 is 2.12 bits per heavy atom. The summed E-state index contributed by atoms with van der Waals surface area (Å²) in [5.74, 6) is -0.513. The van der Waals surface area contributed by atoms with Gasteiger partial charge < -0.3 is 14.6 Å². The smallest absolute Gasteiger partial charge is 0.306 e. The van der Waals surface area contributed by atoms with Crippen molar-refractivity contribution in [1.82, 2.24) is 0 Å². The number of aliphatic hydroxyl groups is 1. The predicted molar refractivity (Wildman–Crippen MR) is 102 cm³/mol. The minimum atomic E-state index is -0.807. The number of carbonyl (C=O) groups is 2. The van der Waals surface area contributed by atoms with E-state index in [-0.39, 0.29) is 25.2 Å². The maximum absolute atomic E-state index is 11.9. The molecule has 5 nitrogen and oxygen atoms in total. The summed E-state index contributed by atoms with van der Waals surface area (Å²) in [7, 11) is 0. The Morgan fingerprint density at radius 2 is 1.62 bits per heavy atom. The molecule has 0 aromatic carbocycles. The summed E-state index contributed by atoms with van der Waals surface area (Å²) >= 11 is 0. The molecule has 0 saturated carbocycles. The van der Waals surface area contributed by atoms with Gasteiger partial charge in [-0.05, 0) is 6.42 Å². The Labute approximate surface area is 158 Å². The molecule has 1 heterocycles. The van der Waals surface area contributed by atoms with E-state index in [1.165, 1.54) is 57.8 Å². The minimum Gasteiger partial charge on any atom is -0.461 e. The number of aliphatic hydroxyl groups excluding tert-OH is 1. The van der Waals surface area contributed by atoms with Crippen molar-refractivity contribution in [1.29, 1.82) is 0 Å². The van der Waals surface area contributed by atoms with Gasteiger partial charge in [-0.25, -0.2) is 0 Å². The van der Waals surface area contributed by atoms with E-state index in [0.29, 0.717) is 25.7 Å². The van der Waals surface area contributed by atoms with E-state index in [1.807, 2.05) is 0 Å². The van der Waals surface area contributed by atoms with Crippen LogP contribution in [0.3, 0.4) is 0 Å². The van der Waals surface area contributed by atoms with Crippen LogP contribution in [0.15, 0.2) is 0 Å². The maximum atomic E-state index is 11.9. The molecule has 1 N–H and O–H groups in total. The summed E-state index contributed by atoms with van der Waals surface area (Å²) in [5.41, 5.74) is -0.807. The van der Waals surface area contributed by atoms with E-state index in [0.717, 1.165) is 12.8 Å². The predicted octanol–water partition coefficient (Wildman–Crippen LogP) is 4.69. The standard InChI is InChI=1S/C21H38O5/c1-2-3-4-5-6-7-8-9-10-11-12-13-19(23)25-18-21(16-17-22)15-14-20(24)26-21/h22H,2-18H2,1H3/t21-/m1/s1. The van der Waals surface area contributed by atoms with Crippen LogP contribution in [0.25, 0.3) is 0 Å². The van der Waals surface area contributed by atoms with Gasteiger partial charge in [-0.2, -0.15) is 0 Å². The second kappa shape index (κ2) is 14.0. The first-order chi connectivity index (χ1) is 12.6. The summed E-state index contributed by atoms with van der Waals surface area (Å²) in [6.07, 6.45) is 15.3. The molecule has 152 valence electrons. The highest BCUT2D eigenvalue weighted by Crippen LogP contribution is 2.30. The molecule has 0 amide bonds. The van der Waals surface area contributed by atoms with Gasteiger partial charge in [-0.1, -0.05) is 71.1 Å². The Kier molecular flexibility index (Phi) is 12.4. The minimum absolute atomic E-state index is 0.0656.